The minimum absolute atomic E-state index is 0.0405. The topological polar surface area (TPSA) is 58.6 Å². The molecule has 1 aliphatic heterocycles. The number of aryl methyl sites for hydroxylation is 1. The van der Waals surface area contributed by atoms with Gasteiger partial charge < -0.3 is 15.0 Å². The summed E-state index contributed by atoms with van der Waals surface area (Å²) in [5, 5.41) is 2.81. The van der Waals surface area contributed by atoms with Crippen molar-refractivity contribution in [3.05, 3.63) is 29.8 Å². The molecule has 1 N–H and O–H groups in total. The van der Waals surface area contributed by atoms with Crippen molar-refractivity contribution in [3.63, 3.8) is 0 Å². The molecule has 0 aliphatic carbocycles. The second-order valence-corrected chi connectivity index (χ2v) is 5.73. The molecule has 0 bridgehead atoms. The predicted molar refractivity (Wildman–Crippen MR) is 80.2 cm³/mol. The molecule has 2 rings (SSSR count). The highest BCUT2D eigenvalue weighted by Gasteiger charge is 2.32. The van der Waals surface area contributed by atoms with Gasteiger partial charge in [-0.25, -0.2) is 0 Å². The van der Waals surface area contributed by atoms with Gasteiger partial charge in [0.2, 0.25) is 11.8 Å². The molecular weight excluding hydrogens is 325 g/mol. The van der Waals surface area contributed by atoms with E-state index in [1.165, 1.54) is 18.2 Å². The minimum Gasteiger partial charge on any atom is -0.406 e. The molecule has 8 heteroatoms. The first-order valence-corrected chi connectivity index (χ1v) is 7.61. The van der Waals surface area contributed by atoms with Crippen LogP contribution < -0.4 is 10.1 Å². The molecule has 0 aromatic heterocycles. The Morgan fingerprint density at radius 3 is 2.75 bits per heavy atom. The zero-order valence-electron chi connectivity index (χ0n) is 13.2. The van der Waals surface area contributed by atoms with Gasteiger partial charge in [-0.15, -0.1) is 13.2 Å². The Balaban J connectivity index is 1.87. The Bertz CT molecular complexity index is 604. The predicted octanol–water partition coefficient (Wildman–Crippen LogP) is 2.25. The third-order valence-corrected chi connectivity index (χ3v) is 3.81. The summed E-state index contributed by atoms with van der Waals surface area (Å²) in [6.07, 6.45) is -3.63. The summed E-state index contributed by atoms with van der Waals surface area (Å²) in [6, 6.07) is 5.64. The number of benzene rings is 1. The molecule has 0 radical (unpaired) electrons. The quantitative estimate of drug-likeness (QED) is 0.891. The van der Waals surface area contributed by atoms with Crippen molar-refractivity contribution in [3.8, 4) is 5.75 Å². The molecule has 1 atom stereocenters. The fraction of sp³-hybridized carbons (Fsp3) is 0.500. The number of piperidine rings is 1. The van der Waals surface area contributed by atoms with Crippen LogP contribution in [0.15, 0.2) is 24.3 Å². The highest BCUT2D eigenvalue weighted by molar-refractivity contribution is 5.79. The number of para-hydroxylation sites is 1. The molecule has 0 spiro atoms. The fourth-order valence-corrected chi connectivity index (χ4v) is 2.61. The number of carbonyl (C=O) groups is 2. The number of nitrogens with zero attached hydrogens (tertiary/aromatic N) is 1. The van der Waals surface area contributed by atoms with E-state index < -0.39 is 6.36 Å². The lowest BCUT2D eigenvalue weighted by Gasteiger charge is -2.30. The molecule has 1 unspecified atom stereocenters. The van der Waals surface area contributed by atoms with E-state index in [-0.39, 0.29) is 36.4 Å². The van der Waals surface area contributed by atoms with Crippen LogP contribution in [0, 0.1) is 0 Å². The number of rotatable bonds is 5. The van der Waals surface area contributed by atoms with Gasteiger partial charge >= 0.3 is 6.36 Å². The molecule has 24 heavy (non-hydrogen) atoms. The molecule has 0 saturated carbocycles. The van der Waals surface area contributed by atoms with Crippen molar-refractivity contribution >= 4 is 11.8 Å². The largest absolute Gasteiger partial charge is 0.573 e. The van der Waals surface area contributed by atoms with Gasteiger partial charge in [-0.1, -0.05) is 18.2 Å². The molecule has 1 aromatic rings. The van der Waals surface area contributed by atoms with Gasteiger partial charge in [0, 0.05) is 32.5 Å². The molecule has 1 heterocycles. The van der Waals surface area contributed by atoms with Crippen LogP contribution in [0.4, 0.5) is 13.2 Å². The number of carbonyl (C=O) groups excluding carboxylic acids is 2. The monoisotopic (exact) mass is 344 g/mol. The molecule has 1 saturated heterocycles. The average molecular weight is 344 g/mol. The Kier molecular flexibility index (Phi) is 5.69. The summed E-state index contributed by atoms with van der Waals surface area (Å²) in [7, 11) is 1.67. The SMILES string of the molecule is CN1CC(NC(=O)CCc2ccccc2OC(F)(F)F)CCC1=O. The van der Waals surface area contributed by atoms with E-state index in [9.17, 15) is 22.8 Å². The number of alkyl halides is 3. The van der Waals surface area contributed by atoms with E-state index in [4.69, 9.17) is 0 Å². The van der Waals surface area contributed by atoms with Gasteiger partial charge in [0.05, 0.1) is 0 Å². The summed E-state index contributed by atoms with van der Waals surface area (Å²) in [4.78, 5) is 24.9. The van der Waals surface area contributed by atoms with Gasteiger partial charge in [-0.3, -0.25) is 9.59 Å². The molecule has 2 amide bonds. The smallest absolute Gasteiger partial charge is 0.406 e. The van der Waals surface area contributed by atoms with Gasteiger partial charge in [-0.05, 0) is 24.5 Å². The number of ether oxygens (including phenoxy) is 1. The van der Waals surface area contributed by atoms with Crippen molar-refractivity contribution in [2.75, 3.05) is 13.6 Å². The first-order chi connectivity index (χ1) is 11.2. The first-order valence-electron chi connectivity index (χ1n) is 7.61. The Labute approximate surface area is 137 Å². The third kappa shape index (κ3) is 5.43. The Morgan fingerprint density at radius 1 is 1.38 bits per heavy atom. The van der Waals surface area contributed by atoms with Crippen LogP contribution in [0.1, 0.15) is 24.8 Å². The average Bonchev–Trinajstić information content (AvgIpc) is 2.48. The van der Waals surface area contributed by atoms with Crippen molar-refractivity contribution in [1.82, 2.24) is 10.2 Å². The number of hydrogen-bond donors (Lipinski definition) is 1. The lowest BCUT2D eigenvalue weighted by atomic mass is 10.0. The van der Waals surface area contributed by atoms with Crippen molar-refractivity contribution < 1.29 is 27.5 Å². The number of likely N-dealkylation sites (N-methyl/N-ethyl adjacent to an activating group) is 1. The van der Waals surface area contributed by atoms with E-state index in [0.29, 0.717) is 24.9 Å². The molecule has 1 fully saturated rings. The van der Waals surface area contributed by atoms with Crippen LogP contribution in [-0.4, -0.2) is 42.7 Å². The molecule has 5 nitrogen and oxygen atoms in total. The van der Waals surface area contributed by atoms with Gasteiger partial charge in [0.15, 0.2) is 0 Å². The Hall–Kier alpha value is -2.25. The maximum Gasteiger partial charge on any atom is 0.573 e. The Morgan fingerprint density at radius 2 is 2.08 bits per heavy atom. The van der Waals surface area contributed by atoms with Gasteiger partial charge in [0.1, 0.15) is 5.75 Å². The number of nitrogens with one attached hydrogen (secondary N) is 1. The zero-order valence-corrected chi connectivity index (χ0v) is 13.2. The number of hydrogen-bond acceptors (Lipinski definition) is 3. The normalized spacial score (nSPS) is 18.4. The third-order valence-electron chi connectivity index (χ3n) is 3.81. The lowest BCUT2D eigenvalue weighted by molar-refractivity contribution is -0.274. The highest BCUT2D eigenvalue weighted by Crippen LogP contribution is 2.27. The van der Waals surface area contributed by atoms with Crippen LogP contribution in [0.25, 0.3) is 0 Å². The molecule has 1 aromatic carbocycles. The number of amides is 2. The van der Waals surface area contributed by atoms with Crippen molar-refractivity contribution in [2.45, 2.75) is 38.1 Å². The first kappa shape index (κ1) is 18.1. The second kappa shape index (κ2) is 7.55. The maximum absolute atomic E-state index is 12.4. The van der Waals surface area contributed by atoms with Crippen LogP contribution in [0.5, 0.6) is 5.75 Å². The van der Waals surface area contributed by atoms with Crippen molar-refractivity contribution in [2.24, 2.45) is 0 Å². The van der Waals surface area contributed by atoms with Crippen LogP contribution >= 0.6 is 0 Å². The summed E-state index contributed by atoms with van der Waals surface area (Å²) in [6.45, 7) is 0.443. The minimum atomic E-state index is -4.77. The van der Waals surface area contributed by atoms with Crippen molar-refractivity contribution in [1.29, 1.82) is 0 Å². The van der Waals surface area contributed by atoms with Crippen LogP contribution in [0.3, 0.4) is 0 Å². The van der Waals surface area contributed by atoms with E-state index in [2.05, 4.69) is 10.1 Å². The summed E-state index contributed by atoms with van der Waals surface area (Å²) in [5.74, 6) is -0.510. The standard InChI is InChI=1S/C16H19F3N2O3/c1-21-10-12(7-9-15(21)23)20-14(22)8-6-11-4-2-3-5-13(11)24-16(17,18)19/h2-5,12H,6-10H2,1H3,(H,20,22). The van der Waals surface area contributed by atoms with Crippen LogP contribution in [0.2, 0.25) is 0 Å². The summed E-state index contributed by atoms with van der Waals surface area (Å²) < 4.78 is 41.1. The second-order valence-electron chi connectivity index (χ2n) is 5.73. The van der Waals surface area contributed by atoms with Gasteiger partial charge in [-0.2, -0.15) is 0 Å². The van der Waals surface area contributed by atoms with E-state index in [0.717, 1.165) is 0 Å². The zero-order chi connectivity index (χ0) is 17.7. The molecule has 132 valence electrons. The maximum atomic E-state index is 12.4. The van der Waals surface area contributed by atoms with E-state index in [1.54, 1.807) is 18.0 Å². The molecular formula is C16H19F3N2O3. The summed E-state index contributed by atoms with van der Waals surface area (Å²) >= 11 is 0. The molecule has 1 aliphatic rings. The summed E-state index contributed by atoms with van der Waals surface area (Å²) in [5.41, 5.74) is 0.320. The van der Waals surface area contributed by atoms with Gasteiger partial charge in [0.25, 0.3) is 0 Å². The lowest BCUT2D eigenvalue weighted by Crippen LogP contribution is -2.48. The highest BCUT2D eigenvalue weighted by atomic mass is 19.4. The van der Waals surface area contributed by atoms with E-state index in [1.807, 2.05) is 0 Å². The fourth-order valence-electron chi connectivity index (χ4n) is 2.61. The number of likely N-dealkylation sites (tertiary alicyclic amines) is 1. The van der Waals surface area contributed by atoms with Crippen LogP contribution in [-0.2, 0) is 16.0 Å². The van der Waals surface area contributed by atoms with E-state index >= 15 is 0 Å². The number of halogens is 3.